The third kappa shape index (κ3) is 5.38. The number of nitrogens with zero attached hydrogens (tertiary/aromatic N) is 6. The van der Waals surface area contributed by atoms with Crippen LogP contribution in [0.4, 0.5) is 0 Å². The fraction of sp³-hybridized carbons (Fsp3) is 0.0727. The molecular weight excluding hydrogens is 745 g/mol. The minimum Gasteiger partial charge on any atom is -0.309 e. The van der Waals surface area contributed by atoms with Gasteiger partial charge in [-0.2, -0.15) is 15.0 Å². The topological polar surface area (TPSA) is 53.5 Å². The van der Waals surface area contributed by atoms with Crippen LogP contribution in [0.1, 0.15) is 22.3 Å². The highest BCUT2D eigenvalue weighted by Crippen LogP contribution is 2.38. The van der Waals surface area contributed by atoms with Crippen molar-refractivity contribution in [3.8, 4) is 40.1 Å². The van der Waals surface area contributed by atoms with Gasteiger partial charge in [0.2, 0.25) is 11.9 Å². The van der Waals surface area contributed by atoms with Gasteiger partial charge in [-0.15, -0.1) is 0 Å². The Morgan fingerprint density at radius 1 is 0.328 bits per heavy atom. The van der Waals surface area contributed by atoms with E-state index in [1.54, 1.807) is 0 Å². The van der Waals surface area contributed by atoms with Gasteiger partial charge in [-0.3, -0.25) is 9.13 Å². The lowest BCUT2D eigenvalue weighted by Gasteiger charge is -2.16. The third-order valence-corrected chi connectivity index (χ3v) is 12.5. The highest BCUT2D eigenvalue weighted by Gasteiger charge is 2.21. The predicted molar refractivity (Wildman–Crippen MR) is 253 cm³/mol. The first-order chi connectivity index (χ1) is 29.9. The number of aromatic nitrogens is 6. The van der Waals surface area contributed by atoms with Gasteiger partial charge in [-0.25, -0.2) is 0 Å². The van der Waals surface area contributed by atoms with Crippen LogP contribution >= 0.6 is 0 Å². The number of aryl methyl sites for hydroxylation is 4. The first-order valence-corrected chi connectivity index (χ1v) is 20.9. The van der Waals surface area contributed by atoms with Crippen LogP contribution in [-0.4, -0.2) is 28.7 Å². The summed E-state index contributed by atoms with van der Waals surface area (Å²) in [5.41, 5.74) is 15.8. The average molecular weight is 785 g/mol. The lowest BCUT2D eigenvalue weighted by atomic mass is 9.94. The summed E-state index contributed by atoms with van der Waals surface area (Å²) in [6.07, 6.45) is 0. The molecule has 0 aliphatic heterocycles. The summed E-state index contributed by atoms with van der Waals surface area (Å²) in [6, 6.07) is 61.0. The minimum absolute atomic E-state index is 0.566. The van der Waals surface area contributed by atoms with E-state index in [0.717, 1.165) is 60.4 Å². The number of hydrogen-bond acceptors (Lipinski definition) is 3. The number of hydrogen-bond donors (Lipinski definition) is 0. The molecule has 0 bridgehead atoms. The SMILES string of the molecule is Cc1ccc2c(c1)c1cc(C)ccc1n2-c1ccc(C)c(-c2cc(-c3nc(-n4c5ccccc5c5ccccc54)nc(-n4c5ccccc5c5ccccc54)n3)ccc2C)c1. The van der Waals surface area contributed by atoms with E-state index in [1.165, 1.54) is 49.6 Å². The predicted octanol–water partition coefficient (Wildman–Crippen LogP) is 13.7. The molecule has 4 heterocycles. The molecule has 0 aliphatic carbocycles. The second-order valence-electron chi connectivity index (χ2n) is 16.4. The van der Waals surface area contributed by atoms with Crippen molar-refractivity contribution in [2.75, 3.05) is 0 Å². The zero-order valence-electron chi connectivity index (χ0n) is 34.3. The monoisotopic (exact) mass is 784 g/mol. The fourth-order valence-electron chi connectivity index (χ4n) is 9.58. The van der Waals surface area contributed by atoms with E-state index in [0.29, 0.717) is 17.7 Å². The first kappa shape index (κ1) is 35.1. The molecule has 0 N–H and O–H groups in total. The zero-order chi connectivity index (χ0) is 40.9. The summed E-state index contributed by atoms with van der Waals surface area (Å²) in [4.78, 5) is 16.1. The highest BCUT2D eigenvalue weighted by atomic mass is 15.3. The molecule has 0 saturated heterocycles. The van der Waals surface area contributed by atoms with Crippen molar-refractivity contribution in [1.82, 2.24) is 28.7 Å². The Kier molecular flexibility index (Phi) is 7.69. The van der Waals surface area contributed by atoms with E-state index >= 15 is 0 Å². The second-order valence-corrected chi connectivity index (χ2v) is 16.4. The van der Waals surface area contributed by atoms with Crippen molar-refractivity contribution >= 4 is 65.4 Å². The molecule has 12 rings (SSSR count). The van der Waals surface area contributed by atoms with Crippen LogP contribution in [0.25, 0.3) is 106 Å². The summed E-state index contributed by atoms with van der Waals surface area (Å²) in [5.74, 6) is 1.74. The maximum absolute atomic E-state index is 5.37. The molecule has 61 heavy (non-hydrogen) atoms. The molecule has 0 radical (unpaired) electrons. The normalized spacial score (nSPS) is 11.9. The van der Waals surface area contributed by atoms with Gasteiger partial charge >= 0.3 is 0 Å². The smallest absolute Gasteiger partial charge is 0.240 e. The molecule has 6 nitrogen and oxygen atoms in total. The van der Waals surface area contributed by atoms with Crippen LogP contribution in [0.15, 0.2) is 170 Å². The maximum atomic E-state index is 5.37. The van der Waals surface area contributed by atoms with Crippen molar-refractivity contribution in [3.05, 3.63) is 192 Å². The van der Waals surface area contributed by atoms with Crippen LogP contribution in [0.3, 0.4) is 0 Å². The molecule has 0 saturated carbocycles. The summed E-state index contributed by atoms with van der Waals surface area (Å²) >= 11 is 0. The van der Waals surface area contributed by atoms with Crippen molar-refractivity contribution in [2.45, 2.75) is 27.7 Å². The molecule has 0 fully saturated rings. The number of fused-ring (bicyclic) bond motifs is 9. The molecule has 0 unspecified atom stereocenters. The van der Waals surface area contributed by atoms with Crippen molar-refractivity contribution in [1.29, 1.82) is 0 Å². The molecule has 6 heteroatoms. The van der Waals surface area contributed by atoms with E-state index in [9.17, 15) is 0 Å². The fourth-order valence-corrected chi connectivity index (χ4v) is 9.58. The highest BCUT2D eigenvalue weighted by molar-refractivity contribution is 6.11. The van der Waals surface area contributed by atoms with Gasteiger partial charge in [0.1, 0.15) is 0 Å². The lowest BCUT2D eigenvalue weighted by molar-refractivity contribution is 0.893. The minimum atomic E-state index is 0.566. The van der Waals surface area contributed by atoms with Gasteiger partial charge in [0.15, 0.2) is 5.82 Å². The van der Waals surface area contributed by atoms with E-state index in [4.69, 9.17) is 15.0 Å². The Morgan fingerprint density at radius 2 is 0.738 bits per heavy atom. The molecule has 290 valence electrons. The molecule has 0 atom stereocenters. The van der Waals surface area contributed by atoms with Crippen molar-refractivity contribution in [3.63, 3.8) is 0 Å². The Hall–Kier alpha value is -7.83. The van der Waals surface area contributed by atoms with Gasteiger partial charge in [0.05, 0.1) is 33.1 Å². The molecular formula is C55H40N6. The summed E-state index contributed by atoms with van der Waals surface area (Å²) in [6.45, 7) is 8.73. The molecule has 12 aromatic rings. The van der Waals surface area contributed by atoms with E-state index in [1.807, 2.05) is 0 Å². The van der Waals surface area contributed by atoms with E-state index < -0.39 is 0 Å². The van der Waals surface area contributed by atoms with Crippen LogP contribution in [0.5, 0.6) is 0 Å². The van der Waals surface area contributed by atoms with Crippen LogP contribution in [-0.2, 0) is 0 Å². The van der Waals surface area contributed by atoms with Crippen molar-refractivity contribution in [2.24, 2.45) is 0 Å². The molecule has 4 aromatic heterocycles. The molecule has 0 spiro atoms. The number of rotatable bonds is 5. The maximum Gasteiger partial charge on any atom is 0.240 e. The van der Waals surface area contributed by atoms with Crippen LogP contribution < -0.4 is 0 Å². The Balaban J connectivity index is 1.09. The average Bonchev–Trinajstić information content (AvgIpc) is 3.92. The molecule has 0 amide bonds. The molecule has 8 aromatic carbocycles. The number of benzene rings is 8. The van der Waals surface area contributed by atoms with Gasteiger partial charge < -0.3 is 4.57 Å². The van der Waals surface area contributed by atoms with Gasteiger partial charge in [0, 0.05) is 43.6 Å². The largest absolute Gasteiger partial charge is 0.309 e. The second kappa shape index (κ2) is 13.3. The summed E-state index contributed by atoms with van der Waals surface area (Å²) < 4.78 is 6.78. The molecule has 0 aliphatic rings. The number of para-hydroxylation sites is 4. The quantitative estimate of drug-likeness (QED) is 0.175. The van der Waals surface area contributed by atoms with Crippen LogP contribution in [0.2, 0.25) is 0 Å². The lowest BCUT2D eigenvalue weighted by Crippen LogP contribution is -2.10. The van der Waals surface area contributed by atoms with E-state index in [-0.39, 0.29) is 0 Å². The van der Waals surface area contributed by atoms with Gasteiger partial charge in [0.25, 0.3) is 0 Å². The van der Waals surface area contributed by atoms with Gasteiger partial charge in [-0.1, -0.05) is 114 Å². The summed E-state index contributed by atoms with van der Waals surface area (Å²) in [7, 11) is 0. The van der Waals surface area contributed by atoms with E-state index in [2.05, 4.69) is 211 Å². The Labute approximate surface area is 352 Å². The first-order valence-electron chi connectivity index (χ1n) is 20.9. The van der Waals surface area contributed by atoms with Crippen LogP contribution in [0, 0.1) is 27.7 Å². The summed E-state index contributed by atoms with van der Waals surface area (Å²) in [5, 5.41) is 7.15. The van der Waals surface area contributed by atoms with Gasteiger partial charge in [-0.05, 0) is 117 Å². The Bertz CT molecular complexity index is 3470. The third-order valence-electron chi connectivity index (χ3n) is 12.5. The standard InChI is InChI=1S/C55H40N6/c1-33-21-27-51-45(29-33)46-30-34(2)22-28-52(46)59(51)38-26-24-36(4)44(32-38)43-31-37(25-23-35(43)3)53-56-54(60-47-17-9-5-13-39(47)40-14-6-10-18-48(40)60)58-55(57-53)61-49-19-11-7-15-41(49)42-16-8-12-20-50(42)61/h5-32H,1-4H3. The Morgan fingerprint density at radius 3 is 1.21 bits per heavy atom. The zero-order valence-corrected chi connectivity index (χ0v) is 34.3. The van der Waals surface area contributed by atoms with Crippen molar-refractivity contribution < 1.29 is 0 Å².